The molecule has 0 radical (unpaired) electrons. The summed E-state index contributed by atoms with van der Waals surface area (Å²) in [6.45, 7) is 16.1. The molecule has 0 aliphatic carbocycles. The monoisotopic (exact) mass is 998 g/mol. The Balaban J connectivity index is 1.22. The van der Waals surface area contributed by atoms with Crippen LogP contribution in [0.5, 0.6) is 23.0 Å². The largest absolute Gasteiger partial charge is 0.508 e. The number of hydrogen-bond acceptors (Lipinski definition) is 13. The van der Waals surface area contributed by atoms with Gasteiger partial charge in [-0.25, -0.2) is 9.59 Å². The van der Waals surface area contributed by atoms with Crippen molar-refractivity contribution < 1.29 is 63.3 Å². The topological polar surface area (TPSA) is 222 Å². The van der Waals surface area contributed by atoms with E-state index in [1.165, 1.54) is 39.3 Å². The summed E-state index contributed by atoms with van der Waals surface area (Å²) in [4.78, 5) is 71.3. The Hall–Kier alpha value is -6.13. The number of amides is 3. The molecule has 4 aliphatic heterocycles. The van der Waals surface area contributed by atoms with Crippen molar-refractivity contribution in [2.24, 2.45) is 0 Å². The Morgan fingerprint density at radius 2 is 1.17 bits per heavy atom. The van der Waals surface area contributed by atoms with Crippen LogP contribution in [0.2, 0.25) is 0 Å². The maximum Gasteiger partial charge on any atom is 0.340 e. The number of phenols is 2. The average Bonchev–Trinajstić information content (AvgIpc) is 3.81. The Morgan fingerprint density at radius 1 is 0.708 bits per heavy atom. The molecule has 72 heavy (non-hydrogen) atoms. The quantitative estimate of drug-likeness (QED) is 0.0459. The number of allylic oxidation sites excluding steroid dienone is 8. The predicted octanol–water partition coefficient (Wildman–Crippen LogP) is 7.74. The van der Waals surface area contributed by atoms with E-state index in [4.69, 9.17) is 18.9 Å². The first-order valence-electron chi connectivity index (χ1n) is 25.2. The molecule has 5 N–H and O–H groups in total. The van der Waals surface area contributed by atoms with E-state index in [0.717, 1.165) is 39.9 Å². The maximum atomic E-state index is 14.5. The molecule has 0 aromatic heterocycles. The van der Waals surface area contributed by atoms with Gasteiger partial charge in [0.1, 0.15) is 40.2 Å². The highest BCUT2D eigenvalue weighted by Crippen LogP contribution is 2.48. The van der Waals surface area contributed by atoms with E-state index < -0.39 is 59.2 Å². The van der Waals surface area contributed by atoms with Crippen LogP contribution < -0.4 is 14.8 Å². The van der Waals surface area contributed by atoms with E-state index in [-0.39, 0.29) is 79.6 Å². The molecule has 4 aliphatic rings. The number of nitrogens with zero attached hydrogens (tertiary/aromatic N) is 2. The van der Waals surface area contributed by atoms with Crippen LogP contribution in [0, 0.1) is 0 Å². The summed E-state index contributed by atoms with van der Waals surface area (Å²) < 4.78 is 22.8. The van der Waals surface area contributed by atoms with E-state index in [0.29, 0.717) is 53.7 Å². The number of rotatable bonds is 21. The predicted molar refractivity (Wildman–Crippen MR) is 271 cm³/mol. The van der Waals surface area contributed by atoms with Crippen molar-refractivity contribution in [3.63, 3.8) is 0 Å². The fraction of sp³-hybridized carbons (Fsp3) is 0.554. The number of methoxy groups -OCH3 is 2. The van der Waals surface area contributed by atoms with Crippen molar-refractivity contribution in [3.8, 4) is 23.0 Å². The van der Waals surface area contributed by atoms with Crippen molar-refractivity contribution in [3.05, 3.63) is 92.1 Å². The third-order valence-electron chi connectivity index (χ3n) is 14.7. The van der Waals surface area contributed by atoms with E-state index in [1.54, 1.807) is 11.8 Å². The van der Waals surface area contributed by atoms with Crippen molar-refractivity contribution in [2.45, 2.75) is 181 Å². The summed E-state index contributed by atoms with van der Waals surface area (Å²) in [5.74, 6) is -3.84. The number of ether oxygens (including phenoxy) is 4. The first kappa shape index (κ1) is 55.2. The molecule has 0 spiro atoms. The number of aliphatic hydroxyl groups is 2. The minimum absolute atomic E-state index is 0.0541. The van der Waals surface area contributed by atoms with Gasteiger partial charge in [0.25, 0.3) is 11.8 Å². The molecule has 0 unspecified atom stereocenters. The van der Waals surface area contributed by atoms with Crippen LogP contribution in [0.25, 0.3) is 0 Å². The number of esters is 2. The minimum atomic E-state index is -1.85. The first-order valence-corrected chi connectivity index (χ1v) is 25.2. The molecule has 0 fully saturated rings. The molecule has 0 saturated heterocycles. The van der Waals surface area contributed by atoms with Gasteiger partial charge in [-0.2, -0.15) is 0 Å². The van der Waals surface area contributed by atoms with E-state index in [1.807, 2.05) is 6.92 Å². The van der Waals surface area contributed by atoms with Gasteiger partial charge in [0.2, 0.25) is 11.9 Å². The maximum absolute atomic E-state index is 14.5. The third kappa shape index (κ3) is 12.2. The van der Waals surface area contributed by atoms with Crippen molar-refractivity contribution >= 4 is 29.7 Å². The van der Waals surface area contributed by atoms with Crippen molar-refractivity contribution in [1.29, 1.82) is 0 Å². The molecule has 0 bridgehead atoms. The van der Waals surface area contributed by atoms with Gasteiger partial charge in [-0.05, 0) is 132 Å². The number of benzene rings is 2. The zero-order chi connectivity index (χ0) is 52.8. The standard InChI is InChI=1S/C56H75N3O13/c1-32(2)16-11-18-34(5)20-13-23-55(7)45(62)28-38-43(60)26-36-40(48(38)71-55)30-58(51(36)65)25-15-22-42(50(64)57-47(53(67)69-9)54(68)70-10)59-31-41-37(52(59)66)27-44(61)39-29-46(63)56(8,72-49(39)41)24-14-21-35(6)19-12-17-33(3)4/h16-17,20-21,26-27,42,45-47,60-63H,11-15,18-19,22-25,28-31H2,1-10H3,(H,57,64)/b34-20+,35-21+/t42-,45-,46-,55+,56+/m0/s1. The number of aromatic hydroxyl groups is 2. The number of nitrogens with one attached hydrogen (secondary N) is 1. The van der Waals surface area contributed by atoms with E-state index >= 15 is 0 Å². The highest BCUT2D eigenvalue weighted by molar-refractivity contribution is 6.05. The second-order valence-electron chi connectivity index (χ2n) is 20.9. The molecule has 2 aromatic rings. The average molecular weight is 998 g/mol. The van der Waals surface area contributed by atoms with Gasteiger partial charge >= 0.3 is 11.9 Å². The molecule has 0 saturated carbocycles. The number of hydrogen-bond donors (Lipinski definition) is 5. The van der Waals surface area contributed by atoms with Crippen LogP contribution >= 0.6 is 0 Å². The third-order valence-corrected chi connectivity index (χ3v) is 14.7. The lowest BCUT2D eigenvalue weighted by atomic mass is 9.84. The lowest BCUT2D eigenvalue weighted by molar-refractivity contribution is -0.157. The number of aliphatic hydroxyl groups excluding tert-OH is 2. The second-order valence-corrected chi connectivity index (χ2v) is 20.9. The molecule has 2 aromatic carbocycles. The second kappa shape index (κ2) is 23.2. The summed E-state index contributed by atoms with van der Waals surface area (Å²) in [7, 11) is 2.10. The summed E-state index contributed by atoms with van der Waals surface area (Å²) in [5.41, 5.74) is 4.94. The summed E-state index contributed by atoms with van der Waals surface area (Å²) >= 11 is 0. The summed E-state index contributed by atoms with van der Waals surface area (Å²) in [6.07, 6.45) is 12.9. The Morgan fingerprint density at radius 3 is 1.62 bits per heavy atom. The van der Waals surface area contributed by atoms with Crippen LogP contribution in [0.1, 0.15) is 163 Å². The lowest BCUT2D eigenvalue weighted by Gasteiger charge is -2.41. The molecule has 16 heteroatoms. The van der Waals surface area contributed by atoms with Gasteiger partial charge in [-0.1, -0.05) is 46.6 Å². The molecule has 3 amide bonds. The van der Waals surface area contributed by atoms with Gasteiger partial charge < -0.3 is 54.5 Å². The lowest BCUT2D eigenvalue weighted by Crippen LogP contribution is -2.55. The van der Waals surface area contributed by atoms with Crippen molar-refractivity contribution in [1.82, 2.24) is 15.1 Å². The highest BCUT2D eigenvalue weighted by atomic mass is 16.5. The van der Waals surface area contributed by atoms with Gasteiger partial charge in [0, 0.05) is 41.6 Å². The van der Waals surface area contributed by atoms with Crippen molar-refractivity contribution in [2.75, 3.05) is 20.8 Å². The summed E-state index contributed by atoms with van der Waals surface area (Å²) in [6, 6.07) is -0.474. The zero-order valence-corrected chi connectivity index (χ0v) is 43.7. The Kier molecular flexibility index (Phi) is 17.8. The van der Waals surface area contributed by atoms with Crippen LogP contribution in [-0.2, 0) is 49.8 Å². The fourth-order valence-electron chi connectivity index (χ4n) is 10.1. The summed E-state index contributed by atoms with van der Waals surface area (Å²) in [5, 5.41) is 47.6. The Bertz CT molecular complexity index is 2540. The molecular formula is C56H75N3O13. The SMILES string of the molecule is COC(=O)C(NC(=O)[C@H](CCCN1Cc2c(cc(O)c3c2O[C@](C)(CC/C=C(\C)CCC=C(C)C)[C@@H](O)C3)C1=O)N1Cc2c(cc(O)c3c2O[C@](C)(CC/C=C(\C)CCC=C(C)C)[C@@H](O)C3)C1=O)C(=O)OC. The van der Waals surface area contributed by atoms with Crippen LogP contribution in [0.4, 0.5) is 0 Å². The molecule has 6 rings (SSSR count). The molecule has 16 nitrogen and oxygen atoms in total. The fourth-order valence-corrected chi connectivity index (χ4v) is 10.1. The molecular weight excluding hydrogens is 923 g/mol. The van der Waals surface area contributed by atoms with Gasteiger partial charge in [0.05, 0.1) is 50.6 Å². The molecule has 5 atom stereocenters. The number of carbonyl (C=O) groups is 5. The normalized spacial score (nSPS) is 21.7. The molecule has 392 valence electrons. The zero-order valence-electron chi connectivity index (χ0n) is 43.7. The molecule has 4 heterocycles. The highest BCUT2D eigenvalue weighted by Gasteiger charge is 2.48. The van der Waals surface area contributed by atoms with Gasteiger partial charge in [-0.3, -0.25) is 14.4 Å². The number of fused-ring (bicyclic) bond motifs is 6. The van der Waals surface area contributed by atoms with Crippen LogP contribution in [-0.4, -0.2) is 116 Å². The van der Waals surface area contributed by atoms with Gasteiger partial charge in [0.15, 0.2) is 0 Å². The smallest absolute Gasteiger partial charge is 0.340 e. The van der Waals surface area contributed by atoms with E-state index in [9.17, 15) is 44.4 Å². The first-order chi connectivity index (χ1) is 34.0. The number of phenolic OH excluding ortho intramolecular Hbond substituents is 2. The van der Waals surface area contributed by atoms with Gasteiger partial charge in [-0.15, -0.1) is 0 Å². The Labute approximate surface area is 423 Å². The number of carbonyl (C=O) groups excluding carboxylic acids is 5. The van der Waals surface area contributed by atoms with E-state index in [2.05, 4.69) is 71.2 Å². The minimum Gasteiger partial charge on any atom is -0.508 e. The van der Waals surface area contributed by atoms with Crippen LogP contribution in [0.15, 0.2) is 58.7 Å². The van der Waals surface area contributed by atoms with Crippen LogP contribution in [0.3, 0.4) is 0 Å².